The third-order valence-corrected chi connectivity index (χ3v) is 1.63. The average molecular weight is 204 g/mol. The molecule has 0 unspecified atom stereocenters. The third-order valence-electron chi connectivity index (χ3n) is 1.63. The maximum atomic E-state index is 11.8. The lowest BCUT2D eigenvalue weighted by Gasteiger charge is -2.07. The van der Waals surface area contributed by atoms with E-state index < -0.39 is 12.6 Å². The average Bonchev–Trinajstić information content (AvgIpc) is 2.06. The summed E-state index contributed by atoms with van der Waals surface area (Å²) in [4.78, 5) is 3.92. The van der Waals surface area contributed by atoms with E-state index in [2.05, 4.69) is 10.3 Å². The minimum atomic E-state index is -4.11. The number of aromatic nitrogens is 1. The van der Waals surface area contributed by atoms with Gasteiger partial charge in [0.1, 0.15) is 5.82 Å². The van der Waals surface area contributed by atoms with Gasteiger partial charge in [0.05, 0.1) is 6.42 Å². The van der Waals surface area contributed by atoms with Crippen molar-refractivity contribution in [2.24, 2.45) is 0 Å². The van der Waals surface area contributed by atoms with Gasteiger partial charge in [0.25, 0.3) is 0 Å². The summed E-state index contributed by atoms with van der Waals surface area (Å²) in [6, 6.07) is 3.45. The molecule has 0 bridgehead atoms. The number of rotatable bonds is 3. The largest absolute Gasteiger partial charge is 0.390 e. The molecule has 0 aliphatic carbocycles. The van der Waals surface area contributed by atoms with Crippen LogP contribution in [0.15, 0.2) is 18.3 Å². The van der Waals surface area contributed by atoms with E-state index in [-0.39, 0.29) is 6.54 Å². The summed E-state index contributed by atoms with van der Waals surface area (Å²) in [5, 5.41) is 2.60. The molecule has 0 fully saturated rings. The maximum absolute atomic E-state index is 11.8. The van der Waals surface area contributed by atoms with Crippen LogP contribution in [0.25, 0.3) is 0 Å². The van der Waals surface area contributed by atoms with Crippen LogP contribution in [-0.2, 0) is 0 Å². The highest BCUT2D eigenvalue weighted by Crippen LogP contribution is 2.19. The van der Waals surface area contributed by atoms with Gasteiger partial charge in [-0.3, -0.25) is 0 Å². The third kappa shape index (κ3) is 4.11. The molecule has 14 heavy (non-hydrogen) atoms. The first-order valence-corrected chi connectivity index (χ1v) is 4.21. The van der Waals surface area contributed by atoms with Gasteiger partial charge in [-0.15, -0.1) is 0 Å². The lowest BCUT2D eigenvalue weighted by molar-refractivity contribution is -0.131. The lowest BCUT2D eigenvalue weighted by Crippen LogP contribution is -2.15. The maximum Gasteiger partial charge on any atom is 0.390 e. The SMILES string of the molecule is Cc1ccc(NCCC(F)(F)F)nc1. The molecule has 78 valence electrons. The van der Waals surface area contributed by atoms with Gasteiger partial charge in [0.15, 0.2) is 0 Å². The van der Waals surface area contributed by atoms with Gasteiger partial charge >= 0.3 is 6.18 Å². The highest BCUT2D eigenvalue weighted by atomic mass is 19.4. The Hall–Kier alpha value is -1.26. The lowest BCUT2D eigenvalue weighted by atomic mass is 10.3. The summed E-state index contributed by atoms with van der Waals surface area (Å²) >= 11 is 0. The summed E-state index contributed by atoms with van der Waals surface area (Å²) < 4.78 is 35.3. The first kappa shape index (κ1) is 10.8. The Kier molecular flexibility index (Phi) is 3.33. The fraction of sp³-hybridized carbons (Fsp3) is 0.444. The van der Waals surface area contributed by atoms with Crippen LogP contribution in [0.1, 0.15) is 12.0 Å². The van der Waals surface area contributed by atoms with Crippen LogP contribution < -0.4 is 5.32 Å². The molecule has 5 heteroatoms. The molecule has 0 saturated heterocycles. The molecule has 0 atom stereocenters. The van der Waals surface area contributed by atoms with Crippen molar-refractivity contribution in [2.75, 3.05) is 11.9 Å². The zero-order valence-electron chi connectivity index (χ0n) is 7.73. The first-order valence-electron chi connectivity index (χ1n) is 4.21. The number of aryl methyl sites for hydroxylation is 1. The number of pyridine rings is 1. The molecule has 0 aromatic carbocycles. The second-order valence-corrected chi connectivity index (χ2v) is 3.01. The Balaban J connectivity index is 2.35. The molecule has 0 aliphatic heterocycles. The molecule has 1 N–H and O–H groups in total. The van der Waals surface area contributed by atoms with Gasteiger partial charge in [-0.05, 0) is 18.6 Å². The van der Waals surface area contributed by atoms with Crippen LogP contribution in [0.5, 0.6) is 0 Å². The van der Waals surface area contributed by atoms with Crippen LogP contribution in [0.2, 0.25) is 0 Å². The van der Waals surface area contributed by atoms with Crippen molar-refractivity contribution in [1.82, 2.24) is 4.98 Å². The van der Waals surface area contributed by atoms with Gasteiger partial charge in [0, 0.05) is 12.7 Å². The van der Waals surface area contributed by atoms with E-state index in [9.17, 15) is 13.2 Å². The normalized spacial score (nSPS) is 11.4. The van der Waals surface area contributed by atoms with Crippen molar-refractivity contribution >= 4 is 5.82 Å². The molecule has 0 aliphatic rings. The van der Waals surface area contributed by atoms with Crippen molar-refractivity contribution in [3.63, 3.8) is 0 Å². The Morgan fingerprint density at radius 1 is 1.36 bits per heavy atom. The standard InChI is InChI=1S/C9H11F3N2/c1-7-2-3-8(14-6-7)13-5-4-9(10,11)12/h2-3,6H,4-5H2,1H3,(H,13,14). The number of hydrogen-bond acceptors (Lipinski definition) is 2. The van der Waals surface area contributed by atoms with Crippen molar-refractivity contribution in [2.45, 2.75) is 19.5 Å². The predicted octanol–water partition coefficient (Wildman–Crippen LogP) is 2.75. The number of nitrogens with zero attached hydrogens (tertiary/aromatic N) is 1. The molecule has 1 heterocycles. The van der Waals surface area contributed by atoms with E-state index in [1.165, 1.54) is 0 Å². The van der Waals surface area contributed by atoms with E-state index in [1.54, 1.807) is 18.3 Å². The molecule has 1 aromatic heterocycles. The zero-order chi connectivity index (χ0) is 10.6. The highest BCUT2D eigenvalue weighted by Gasteiger charge is 2.26. The van der Waals surface area contributed by atoms with Gasteiger partial charge in [0.2, 0.25) is 0 Å². The summed E-state index contributed by atoms with van der Waals surface area (Å²) in [5.41, 5.74) is 0.978. The number of alkyl halides is 3. The number of nitrogens with one attached hydrogen (secondary N) is 1. The van der Waals surface area contributed by atoms with Crippen LogP contribution in [-0.4, -0.2) is 17.7 Å². The highest BCUT2D eigenvalue weighted by molar-refractivity contribution is 5.34. The van der Waals surface area contributed by atoms with Gasteiger partial charge in [-0.1, -0.05) is 6.07 Å². The molecular weight excluding hydrogens is 193 g/mol. The fourth-order valence-corrected chi connectivity index (χ4v) is 0.905. The summed E-state index contributed by atoms with van der Waals surface area (Å²) in [7, 11) is 0. The summed E-state index contributed by atoms with van der Waals surface area (Å²) in [6.07, 6.45) is -3.35. The van der Waals surface area contributed by atoms with Crippen molar-refractivity contribution < 1.29 is 13.2 Å². The Morgan fingerprint density at radius 3 is 2.57 bits per heavy atom. The molecular formula is C9H11F3N2. The van der Waals surface area contributed by atoms with Gasteiger partial charge in [-0.25, -0.2) is 4.98 Å². The Bertz CT molecular complexity index is 279. The molecule has 2 nitrogen and oxygen atoms in total. The smallest absolute Gasteiger partial charge is 0.370 e. The molecule has 0 spiro atoms. The van der Waals surface area contributed by atoms with E-state index >= 15 is 0 Å². The Morgan fingerprint density at radius 2 is 2.07 bits per heavy atom. The summed E-state index contributed by atoms with van der Waals surface area (Å²) in [5.74, 6) is 0.472. The first-order chi connectivity index (χ1) is 6.47. The molecule has 0 amide bonds. The van der Waals surface area contributed by atoms with Gasteiger partial charge in [-0.2, -0.15) is 13.2 Å². The second kappa shape index (κ2) is 4.30. The van der Waals surface area contributed by atoms with Crippen molar-refractivity contribution in [3.8, 4) is 0 Å². The van der Waals surface area contributed by atoms with E-state index in [1.807, 2.05) is 6.92 Å². The van der Waals surface area contributed by atoms with E-state index in [0.29, 0.717) is 5.82 Å². The van der Waals surface area contributed by atoms with Crippen molar-refractivity contribution in [1.29, 1.82) is 0 Å². The van der Waals surface area contributed by atoms with Crippen molar-refractivity contribution in [3.05, 3.63) is 23.9 Å². The molecule has 0 saturated carbocycles. The van der Waals surface area contributed by atoms with Crippen LogP contribution in [0.4, 0.5) is 19.0 Å². The number of hydrogen-bond donors (Lipinski definition) is 1. The monoisotopic (exact) mass is 204 g/mol. The fourth-order valence-electron chi connectivity index (χ4n) is 0.905. The molecule has 1 aromatic rings. The summed E-state index contributed by atoms with van der Waals surface area (Å²) in [6.45, 7) is 1.73. The quantitative estimate of drug-likeness (QED) is 0.818. The Labute approximate surface area is 80.2 Å². The topological polar surface area (TPSA) is 24.9 Å². The number of halogens is 3. The van der Waals surface area contributed by atoms with Gasteiger partial charge < -0.3 is 5.32 Å². The van der Waals surface area contributed by atoms with E-state index in [0.717, 1.165) is 5.56 Å². The van der Waals surface area contributed by atoms with Crippen LogP contribution >= 0.6 is 0 Å². The molecule has 0 radical (unpaired) electrons. The van der Waals surface area contributed by atoms with E-state index in [4.69, 9.17) is 0 Å². The van der Waals surface area contributed by atoms with Crippen LogP contribution in [0, 0.1) is 6.92 Å². The molecule has 1 rings (SSSR count). The minimum absolute atomic E-state index is 0.139. The predicted molar refractivity (Wildman–Crippen MR) is 48.1 cm³/mol. The zero-order valence-corrected chi connectivity index (χ0v) is 7.73. The minimum Gasteiger partial charge on any atom is -0.370 e. The number of anilines is 1. The second-order valence-electron chi connectivity index (χ2n) is 3.01. The van der Waals surface area contributed by atoms with Crippen LogP contribution in [0.3, 0.4) is 0 Å².